The van der Waals surface area contributed by atoms with Crippen LogP contribution in [0.25, 0.3) is 0 Å². The van der Waals surface area contributed by atoms with Crippen LogP contribution in [-0.2, 0) is 12.8 Å². The zero-order valence-corrected chi connectivity index (χ0v) is 11.9. The first kappa shape index (κ1) is 12.4. The Morgan fingerprint density at radius 3 is 2.24 bits per heavy atom. The molecule has 2 aromatic carbocycles. The van der Waals surface area contributed by atoms with E-state index in [9.17, 15) is 0 Å². The van der Waals surface area contributed by atoms with Crippen LogP contribution in [0.1, 0.15) is 29.2 Å². The molecule has 0 amide bonds. The Labute approximate surface area is 112 Å². The van der Waals surface area contributed by atoms with E-state index in [1.807, 2.05) is 0 Å². The molecule has 0 saturated carbocycles. The summed E-state index contributed by atoms with van der Waals surface area (Å²) in [5.41, 5.74) is 5.51. The van der Waals surface area contributed by atoms with Gasteiger partial charge in [-0.1, -0.05) is 59.3 Å². The number of hydrogen-bond acceptors (Lipinski definition) is 0. The van der Waals surface area contributed by atoms with Crippen molar-refractivity contribution >= 4 is 15.9 Å². The lowest BCUT2D eigenvalue weighted by Crippen LogP contribution is -1.93. The number of aryl methyl sites for hydroxylation is 1. The lowest BCUT2D eigenvalue weighted by molar-refractivity contribution is 1.11. The zero-order valence-electron chi connectivity index (χ0n) is 10.3. The topological polar surface area (TPSA) is 0 Å². The molecule has 17 heavy (non-hydrogen) atoms. The molecule has 2 aromatic rings. The lowest BCUT2D eigenvalue weighted by atomic mass is 9.99. The summed E-state index contributed by atoms with van der Waals surface area (Å²) < 4.78 is 1.19. The molecule has 0 radical (unpaired) electrons. The van der Waals surface area contributed by atoms with Crippen LogP contribution in [0.3, 0.4) is 0 Å². The van der Waals surface area contributed by atoms with E-state index in [4.69, 9.17) is 0 Å². The second kappa shape index (κ2) is 5.50. The van der Waals surface area contributed by atoms with E-state index in [1.54, 1.807) is 0 Å². The van der Waals surface area contributed by atoms with Crippen molar-refractivity contribution in [1.82, 2.24) is 0 Å². The molecule has 0 bridgehead atoms. The van der Waals surface area contributed by atoms with Gasteiger partial charge in [-0.25, -0.2) is 0 Å². The van der Waals surface area contributed by atoms with Crippen LogP contribution in [0, 0.1) is 6.92 Å². The largest absolute Gasteiger partial charge is 0.0613 e. The number of rotatable bonds is 3. The summed E-state index contributed by atoms with van der Waals surface area (Å²) in [5.74, 6) is 0. The fourth-order valence-electron chi connectivity index (χ4n) is 1.96. The second-order valence-corrected chi connectivity index (χ2v) is 5.23. The molecule has 0 heterocycles. The Kier molecular flexibility index (Phi) is 4.01. The highest BCUT2D eigenvalue weighted by Gasteiger charge is 2.02. The molecule has 0 nitrogen and oxygen atoms in total. The summed E-state index contributed by atoms with van der Waals surface area (Å²) in [6, 6.07) is 15.3. The second-order valence-electron chi connectivity index (χ2n) is 4.37. The molecular formula is C16H17Br. The van der Waals surface area contributed by atoms with Crippen LogP contribution in [0.15, 0.2) is 46.9 Å². The molecule has 0 fully saturated rings. The van der Waals surface area contributed by atoms with Crippen LogP contribution < -0.4 is 0 Å². The van der Waals surface area contributed by atoms with Crippen molar-refractivity contribution < 1.29 is 0 Å². The molecular weight excluding hydrogens is 272 g/mol. The van der Waals surface area contributed by atoms with Crippen molar-refractivity contribution in [2.75, 3.05) is 0 Å². The third-order valence-electron chi connectivity index (χ3n) is 3.21. The van der Waals surface area contributed by atoms with Crippen molar-refractivity contribution in [2.24, 2.45) is 0 Å². The fourth-order valence-corrected chi connectivity index (χ4v) is 2.36. The molecule has 0 spiro atoms. The highest BCUT2D eigenvalue weighted by molar-refractivity contribution is 9.10. The van der Waals surface area contributed by atoms with E-state index in [1.165, 1.54) is 26.7 Å². The van der Waals surface area contributed by atoms with Gasteiger partial charge in [-0.15, -0.1) is 0 Å². The summed E-state index contributed by atoms with van der Waals surface area (Å²) in [4.78, 5) is 0. The minimum Gasteiger partial charge on any atom is -0.0613 e. The summed E-state index contributed by atoms with van der Waals surface area (Å²) in [6.45, 7) is 4.35. The lowest BCUT2D eigenvalue weighted by Gasteiger charge is -2.08. The molecule has 0 aliphatic carbocycles. The molecule has 0 aliphatic rings. The maximum atomic E-state index is 3.58. The number of benzene rings is 2. The first-order valence-electron chi connectivity index (χ1n) is 6.02. The Hall–Kier alpha value is -1.08. The Morgan fingerprint density at radius 2 is 1.59 bits per heavy atom. The molecule has 2 rings (SSSR count). The normalized spacial score (nSPS) is 10.5. The molecule has 0 aromatic heterocycles. The minimum absolute atomic E-state index is 1.01. The van der Waals surface area contributed by atoms with E-state index in [2.05, 4.69) is 72.2 Å². The number of halogens is 1. The predicted molar refractivity (Wildman–Crippen MR) is 77.5 cm³/mol. The average Bonchev–Trinajstić information content (AvgIpc) is 2.36. The van der Waals surface area contributed by atoms with Crippen LogP contribution in [0.2, 0.25) is 0 Å². The van der Waals surface area contributed by atoms with E-state index in [-0.39, 0.29) is 0 Å². The zero-order chi connectivity index (χ0) is 12.3. The molecule has 88 valence electrons. The first-order valence-corrected chi connectivity index (χ1v) is 6.82. The monoisotopic (exact) mass is 288 g/mol. The quantitative estimate of drug-likeness (QED) is 0.753. The highest BCUT2D eigenvalue weighted by atomic mass is 79.9. The van der Waals surface area contributed by atoms with E-state index >= 15 is 0 Å². The van der Waals surface area contributed by atoms with Crippen LogP contribution in [0.4, 0.5) is 0 Å². The summed E-state index contributed by atoms with van der Waals surface area (Å²) in [7, 11) is 0. The van der Waals surface area contributed by atoms with Gasteiger partial charge in [0.2, 0.25) is 0 Å². The standard InChI is InChI=1S/C16H17Br/c1-3-13-7-9-14(10-8-13)11-15-5-4-6-16(17)12(15)2/h4-10H,3,11H2,1-2H3. The summed E-state index contributed by atoms with van der Waals surface area (Å²) in [6.07, 6.45) is 2.12. The van der Waals surface area contributed by atoms with Crippen molar-refractivity contribution in [2.45, 2.75) is 26.7 Å². The SMILES string of the molecule is CCc1ccc(Cc2cccc(Br)c2C)cc1. The van der Waals surface area contributed by atoms with Crippen LogP contribution in [0.5, 0.6) is 0 Å². The Balaban J connectivity index is 2.22. The van der Waals surface area contributed by atoms with Gasteiger partial charge in [0.25, 0.3) is 0 Å². The molecule has 0 saturated heterocycles. The van der Waals surface area contributed by atoms with Crippen molar-refractivity contribution in [3.8, 4) is 0 Å². The van der Waals surface area contributed by atoms with Gasteiger partial charge in [0.05, 0.1) is 0 Å². The van der Waals surface area contributed by atoms with Gasteiger partial charge in [-0.3, -0.25) is 0 Å². The van der Waals surface area contributed by atoms with E-state index in [0.717, 1.165) is 12.8 Å². The van der Waals surface area contributed by atoms with Gasteiger partial charge in [0.15, 0.2) is 0 Å². The molecule has 0 N–H and O–H groups in total. The predicted octanol–water partition coefficient (Wildman–Crippen LogP) is 4.91. The number of hydrogen-bond donors (Lipinski definition) is 0. The van der Waals surface area contributed by atoms with Gasteiger partial charge < -0.3 is 0 Å². The van der Waals surface area contributed by atoms with Gasteiger partial charge in [0, 0.05) is 4.47 Å². The van der Waals surface area contributed by atoms with Crippen molar-refractivity contribution in [3.05, 3.63) is 69.2 Å². The van der Waals surface area contributed by atoms with Gasteiger partial charge in [0.1, 0.15) is 0 Å². The first-order chi connectivity index (χ1) is 8.20. The van der Waals surface area contributed by atoms with Crippen LogP contribution >= 0.6 is 15.9 Å². The summed E-state index contributed by atoms with van der Waals surface area (Å²) in [5, 5.41) is 0. The average molecular weight is 289 g/mol. The Morgan fingerprint density at radius 1 is 0.941 bits per heavy atom. The Bertz CT molecular complexity index is 497. The van der Waals surface area contributed by atoms with Crippen LogP contribution in [-0.4, -0.2) is 0 Å². The van der Waals surface area contributed by atoms with Gasteiger partial charge >= 0.3 is 0 Å². The minimum atomic E-state index is 1.01. The third kappa shape index (κ3) is 2.98. The summed E-state index contributed by atoms with van der Waals surface area (Å²) >= 11 is 3.58. The molecule has 0 atom stereocenters. The molecule has 0 unspecified atom stereocenters. The highest BCUT2D eigenvalue weighted by Crippen LogP contribution is 2.22. The van der Waals surface area contributed by atoms with Crippen molar-refractivity contribution in [1.29, 1.82) is 0 Å². The molecule has 0 aliphatic heterocycles. The smallest absolute Gasteiger partial charge is 0.0207 e. The molecule has 1 heteroatoms. The van der Waals surface area contributed by atoms with E-state index in [0.29, 0.717) is 0 Å². The fraction of sp³-hybridized carbons (Fsp3) is 0.250. The maximum absolute atomic E-state index is 3.58. The van der Waals surface area contributed by atoms with Gasteiger partial charge in [-0.2, -0.15) is 0 Å². The van der Waals surface area contributed by atoms with Gasteiger partial charge in [-0.05, 0) is 48.1 Å². The van der Waals surface area contributed by atoms with Crippen molar-refractivity contribution in [3.63, 3.8) is 0 Å². The van der Waals surface area contributed by atoms with E-state index < -0.39 is 0 Å². The maximum Gasteiger partial charge on any atom is 0.0207 e. The third-order valence-corrected chi connectivity index (χ3v) is 4.06.